The highest BCUT2D eigenvalue weighted by atomic mass is 32.1. The normalized spacial score (nSPS) is 20.2. The maximum Gasteiger partial charge on any atom is 0.266 e. The van der Waals surface area contributed by atoms with E-state index in [-0.39, 0.29) is 5.75 Å². The van der Waals surface area contributed by atoms with Gasteiger partial charge in [-0.3, -0.25) is 15.5 Å². The molecule has 0 spiro atoms. The highest BCUT2D eigenvalue weighted by Crippen LogP contribution is 2.33. The van der Waals surface area contributed by atoms with Crippen LogP contribution in [0.15, 0.2) is 17.2 Å². The van der Waals surface area contributed by atoms with E-state index in [1.807, 2.05) is 0 Å². The largest absolute Gasteiger partial charge is 0.865 e. The average Bonchev–Trinajstić information content (AvgIpc) is 2.58. The Morgan fingerprint density at radius 2 is 2.16 bits per heavy atom. The molecule has 1 aliphatic carbocycles. The van der Waals surface area contributed by atoms with Crippen molar-refractivity contribution in [2.45, 2.75) is 38.6 Å². The molecule has 2 N–H and O–H groups in total. The maximum atomic E-state index is 11.8. The van der Waals surface area contributed by atoms with Crippen LogP contribution in [0.4, 0.5) is 5.69 Å². The summed E-state index contributed by atoms with van der Waals surface area (Å²) in [6.45, 7) is 2.19. The lowest BCUT2D eigenvalue weighted by molar-refractivity contribution is -0.398. The van der Waals surface area contributed by atoms with E-state index in [0.29, 0.717) is 22.6 Å². The summed E-state index contributed by atoms with van der Waals surface area (Å²) >= 11 is 5.22. The van der Waals surface area contributed by atoms with Gasteiger partial charge >= 0.3 is 0 Å². The fourth-order valence-corrected chi connectivity index (χ4v) is 3.07. The molecular formula is C16H21N4O4S-. The zero-order valence-corrected chi connectivity index (χ0v) is 15.0. The van der Waals surface area contributed by atoms with Crippen LogP contribution in [0.3, 0.4) is 0 Å². The van der Waals surface area contributed by atoms with Crippen molar-refractivity contribution in [1.82, 2.24) is 10.7 Å². The smallest absolute Gasteiger partial charge is 0.266 e. The third-order valence-corrected chi connectivity index (χ3v) is 4.49. The SMILES string of the molecule is COc1cc(/C=N\NC(=S)N[C@H]2CCCC[C@@H]2C)cc([N+](=O)[O-])c1[O-]. The Bertz CT molecular complexity index is 680. The minimum atomic E-state index is -0.763. The molecule has 2 atom stereocenters. The number of nitrogens with zero attached hydrogens (tertiary/aromatic N) is 2. The molecular weight excluding hydrogens is 344 g/mol. The molecule has 1 fully saturated rings. The van der Waals surface area contributed by atoms with Crippen molar-refractivity contribution in [3.05, 3.63) is 27.8 Å². The van der Waals surface area contributed by atoms with E-state index >= 15 is 0 Å². The molecule has 9 heteroatoms. The van der Waals surface area contributed by atoms with E-state index in [2.05, 4.69) is 22.8 Å². The van der Waals surface area contributed by atoms with Gasteiger partial charge < -0.3 is 15.2 Å². The van der Waals surface area contributed by atoms with E-state index in [1.165, 1.54) is 38.7 Å². The Morgan fingerprint density at radius 3 is 2.80 bits per heavy atom. The molecule has 0 saturated heterocycles. The van der Waals surface area contributed by atoms with Crippen LogP contribution in [0, 0.1) is 16.0 Å². The van der Waals surface area contributed by atoms with Crippen molar-refractivity contribution in [3.8, 4) is 11.5 Å². The lowest BCUT2D eigenvalue weighted by Gasteiger charge is -2.30. The van der Waals surface area contributed by atoms with Crippen molar-refractivity contribution in [1.29, 1.82) is 0 Å². The maximum absolute atomic E-state index is 11.8. The molecule has 0 unspecified atom stereocenters. The van der Waals surface area contributed by atoms with Gasteiger partial charge in [0.2, 0.25) is 0 Å². The fourth-order valence-electron chi connectivity index (χ4n) is 2.87. The van der Waals surface area contributed by atoms with E-state index in [9.17, 15) is 15.2 Å². The van der Waals surface area contributed by atoms with Gasteiger partial charge in [0.1, 0.15) is 5.75 Å². The molecule has 0 heterocycles. The second-order valence-corrected chi connectivity index (χ2v) is 6.45. The number of rotatable bonds is 5. The van der Waals surface area contributed by atoms with Gasteiger partial charge in [0.25, 0.3) is 5.69 Å². The lowest BCUT2D eigenvalue weighted by atomic mass is 9.86. The molecule has 1 aromatic carbocycles. The lowest BCUT2D eigenvalue weighted by Crippen LogP contribution is -2.44. The van der Waals surface area contributed by atoms with E-state index in [1.54, 1.807) is 0 Å². The van der Waals surface area contributed by atoms with Gasteiger partial charge in [-0.2, -0.15) is 5.10 Å². The van der Waals surface area contributed by atoms with Crippen LogP contribution in [0.1, 0.15) is 38.2 Å². The first-order valence-electron chi connectivity index (χ1n) is 8.05. The van der Waals surface area contributed by atoms with Crippen LogP contribution < -0.4 is 20.6 Å². The van der Waals surface area contributed by atoms with Gasteiger partial charge in [0.05, 0.1) is 18.2 Å². The highest BCUT2D eigenvalue weighted by Gasteiger charge is 2.21. The predicted molar refractivity (Wildman–Crippen MR) is 97.0 cm³/mol. The van der Waals surface area contributed by atoms with Crippen LogP contribution >= 0.6 is 12.2 Å². The Balaban J connectivity index is 2.00. The van der Waals surface area contributed by atoms with Gasteiger partial charge in [-0.15, -0.1) is 0 Å². The molecule has 25 heavy (non-hydrogen) atoms. The molecule has 0 bridgehead atoms. The minimum Gasteiger partial charge on any atom is -0.865 e. The molecule has 0 radical (unpaired) electrons. The number of thiocarbonyl (C=S) groups is 1. The molecule has 2 rings (SSSR count). The molecule has 1 aromatic rings. The van der Waals surface area contributed by atoms with E-state index in [0.717, 1.165) is 12.5 Å². The quantitative estimate of drug-likeness (QED) is 0.355. The summed E-state index contributed by atoms with van der Waals surface area (Å²) in [5, 5.41) is 30.3. The number of nitro groups is 1. The van der Waals surface area contributed by atoms with Crippen LogP contribution in [-0.4, -0.2) is 29.4 Å². The summed E-state index contributed by atoms with van der Waals surface area (Å²) in [5.74, 6) is -0.317. The van der Waals surface area contributed by atoms with Crippen molar-refractivity contribution < 1.29 is 14.8 Å². The van der Waals surface area contributed by atoms with Crippen LogP contribution in [0.5, 0.6) is 11.5 Å². The predicted octanol–water partition coefficient (Wildman–Crippen LogP) is 2.05. The highest BCUT2D eigenvalue weighted by molar-refractivity contribution is 7.80. The molecule has 0 amide bonds. The number of nitro benzene ring substituents is 1. The number of hydrogen-bond acceptors (Lipinski definition) is 6. The second kappa shape index (κ2) is 8.61. The molecule has 136 valence electrons. The second-order valence-electron chi connectivity index (χ2n) is 6.04. The topological polar surface area (TPSA) is 112 Å². The minimum absolute atomic E-state index is 0.104. The van der Waals surface area contributed by atoms with E-state index < -0.39 is 16.4 Å². The fraction of sp³-hybridized carbons (Fsp3) is 0.500. The zero-order chi connectivity index (χ0) is 18.4. The number of ether oxygens (including phenoxy) is 1. The summed E-state index contributed by atoms with van der Waals surface area (Å²) in [6.07, 6.45) is 6.02. The number of nitrogens with one attached hydrogen (secondary N) is 2. The van der Waals surface area contributed by atoms with Crippen LogP contribution in [-0.2, 0) is 0 Å². The number of hydrogen-bond donors (Lipinski definition) is 2. The van der Waals surface area contributed by atoms with Gasteiger partial charge in [0.15, 0.2) is 5.11 Å². The Labute approximate surface area is 151 Å². The third kappa shape index (κ3) is 5.02. The summed E-state index contributed by atoms with van der Waals surface area (Å²) in [6, 6.07) is 2.86. The number of benzene rings is 1. The monoisotopic (exact) mass is 365 g/mol. The summed E-state index contributed by atoms with van der Waals surface area (Å²) in [7, 11) is 1.28. The van der Waals surface area contributed by atoms with E-state index in [4.69, 9.17) is 17.0 Å². The van der Waals surface area contributed by atoms with Crippen LogP contribution in [0.2, 0.25) is 0 Å². The Hall–Kier alpha value is -2.42. The zero-order valence-electron chi connectivity index (χ0n) is 14.2. The Morgan fingerprint density at radius 1 is 1.44 bits per heavy atom. The standard InChI is InChI=1S/C16H22N4O4S/c1-10-5-3-4-6-12(10)18-16(25)19-17-9-11-7-13(20(22)23)15(21)14(8-11)24-2/h7-10,12,21H,3-6H2,1-2H3,(H2,18,19,25)/p-1/b17-9-/t10-,12-/m0/s1. The molecule has 1 aliphatic rings. The summed E-state index contributed by atoms with van der Waals surface area (Å²) in [5.41, 5.74) is 2.51. The molecule has 8 nitrogen and oxygen atoms in total. The molecule has 1 saturated carbocycles. The number of hydrazone groups is 1. The van der Waals surface area contributed by atoms with Crippen LogP contribution in [0.25, 0.3) is 0 Å². The van der Waals surface area contributed by atoms with Crippen molar-refractivity contribution in [2.75, 3.05) is 7.11 Å². The first-order valence-corrected chi connectivity index (χ1v) is 8.46. The molecule has 0 aromatic heterocycles. The van der Waals surface area contributed by atoms with Crippen molar-refractivity contribution in [2.24, 2.45) is 11.0 Å². The van der Waals surface area contributed by atoms with Gasteiger partial charge in [-0.1, -0.05) is 19.8 Å². The molecule has 0 aliphatic heterocycles. The first-order chi connectivity index (χ1) is 11.9. The average molecular weight is 365 g/mol. The number of methoxy groups -OCH3 is 1. The van der Waals surface area contributed by atoms with Crippen molar-refractivity contribution in [3.63, 3.8) is 0 Å². The van der Waals surface area contributed by atoms with Crippen molar-refractivity contribution >= 4 is 29.2 Å². The van der Waals surface area contributed by atoms with Gasteiger partial charge in [-0.25, -0.2) is 0 Å². The third-order valence-electron chi connectivity index (χ3n) is 4.28. The summed E-state index contributed by atoms with van der Waals surface area (Å²) in [4.78, 5) is 10.2. The first kappa shape index (κ1) is 18.9. The Kier molecular flexibility index (Phi) is 6.51. The van der Waals surface area contributed by atoms with Gasteiger partial charge in [0, 0.05) is 23.4 Å². The summed E-state index contributed by atoms with van der Waals surface area (Å²) < 4.78 is 4.88. The van der Waals surface area contributed by atoms with Gasteiger partial charge in [-0.05, 0) is 37.0 Å².